The molecule has 6 nitrogen and oxygen atoms in total. The number of halogens is 1. The topological polar surface area (TPSA) is 91.1 Å². The first-order chi connectivity index (χ1) is 12.4. The number of anilines is 1. The quantitative estimate of drug-likeness (QED) is 0.613. The third-order valence-corrected chi connectivity index (χ3v) is 4.36. The van der Waals surface area contributed by atoms with E-state index in [0.29, 0.717) is 11.2 Å². The van der Waals surface area contributed by atoms with E-state index in [2.05, 4.69) is 31.5 Å². The second-order valence-corrected chi connectivity index (χ2v) is 6.71. The Kier molecular flexibility index (Phi) is 5.18. The van der Waals surface area contributed by atoms with Gasteiger partial charge in [-0.15, -0.1) is 0 Å². The summed E-state index contributed by atoms with van der Waals surface area (Å²) in [6.45, 7) is 1.63. The molecule has 3 aromatic rings. The predicted octanol–water partition coefficient (Wildman–Crippen LogP) is 2.97. The van der Waals surface area contributed by atoms with E-state index in [-0.39, 0.29) is 18.0 Å². The summed E-state index contributed by atoms with van der Waals surface area (Å²) in [6, 6.07) is 14.1. The number of carbonyl (C=O) groups is 2. The molecule has 1 heterocycles. The number of hydrogen-bond donors (Lipinski definition) is 3. The van der Waals surface area contributed by atoms with E-state index < -0.39 is 11.5 Å². The molecule has 7 heteroatoms. The van der Waals surface area contributed by atoms with Crippen molar-refractivity contribution in [3.05, 3.63) is 74.5 Å². The number of nitrogens with one attached hydrogen (secondary N) is 3. The van der Waals surface area contributed by atoms with Crippen LogP contribution in [-0.2, 0) is 4.79 Å². The summed E-state index contributed by atoms with van der Waals surface area (Å²) in [5.74, 6) is -0.972. The standard InChI is InChI=1S/C19H16BrN3O3/c1-11-8-13(20)6-7-15(11)22-17(24)10-21-18(25)14-9-12-4-2-3-5-16(12)23-19(14)26/h2-9H,10H2,1H3,(H,21,25)(H,22,24)(H,23,26). The van der Waals surface area contributed by atoms with Crippen LogP contribution in [0, 0.1) is 6.92 Å². The van der Waals surface area contributed by atoms with Gasteiger partial charge in [0, 0.05) is 15.7 Å². The largest absolute Gasteiger partial charge is 0.343 e. The number of rotatable bonds is 4. The molecule has 0 atom stereocenters. The van der Waals surface area contributed by atoms with E-state index >= 15 is 0 Å². The third kappa shape index (κ3) is 4.00. The van der Waals surface area contributed by atoms with Crippen molar-refractivity contribution in [2.24, 2.45) is 0 Å². The van der Waals surface area contributed by atoms with Crippen molar-refractivity contribution >= 4 is 44.3 Å². The van der Waals surface area contributed by atoms with Crippen LogP contribution in [0.2, 0.25) is 0 Å². The van der Waals surface area contributed by atoms with Crippen LogP contribution in [0.5, 0.6) is 0 Å². The minimum absolute atomic E-state index is 0.0312. The summed E-state index contributed by atoms with van der Waals surface area (Å²) < 4.78 is 0.914. The average Bonchev–Trinajstić information content (AvgIpc) is 2.61. The zero-order valence-electron chi connectivity index (χ0n) is 13.9. The molecule has 2 amide bonds. The number of benzene rings is 2. The molecule has 0 aliphatic carbocycles. The second kappa shape index (κ2) is 7.53. The molecule has 2 aromatic carbocycles. The number of carbonyl (C=O) groups excluding carboxylic acids is 2. The van der Waals surface area contributed by atoms with Crippen LogP contribution in [0.15, 0.2) is 57.8 Å². The molecule has 0 aliphatic rings. The lowest BCUT2D eigenvalue weighted by atomic mass is 10.1. The Hall–Kier alpha value is -2.93. The maximum atomic E-state index is 12.3. The second-order valence-electron chi connectivity index (χ2n) is 5.79. The van der Waals surface area contributed by atoms with Crippen LogP contribution in [0.25, 0.3) is 10.9 Å². The number of hydrogen-bond acceptors (Lipinski definition) is 3. The number of para-hydroxylation sites is 1. The fourth-order valence-corrected chi connectivity index (χ4v) is 3.01. The maximum Gasteiger partial charge on any atom is 0.261 e. The van der Waals surface area contributed by atoms with E-state index in [4.69, 9.17) is 0 Å². The van der Waals surface area contributed by atoms with Crippen LogP contribution in [0.4, 0.5) is 5.69 Å². The number of aromatic amines is 1. The Morgan fingerprint density at radius 2 is 1.88 bits per heavy atom. The molecule has 1 aromatic heterocycles. The number of H-pyrrole nitrogens is 1. The Labute approximate surface area is 157 Å². The van der Waals surface area contributed by atoms with Crippen molar-refractivity contribution in [2.45, 2.75) is 6.92 Å². The van der Waals surface area contributed by atoms with Gasteiger partial charge in [-0.3, -0.25) is 14.4 Å². The molecule has 0 aliphatic heterocycles. The molecule has 132 valence electrons. The highest BCUT2D eigenvalue weighted by Gasteiger charge is 2.13. The van der Waals surface area contributed by atoms with Crippen molar-refractivity contribution in [3.8, 4) is 0 Å². The number of aromatic nitrogens is 1. The smallest absolute Gasteiger partial charge is 0.261 e. The molecule has 0 radical (unpaired) electrons. The first-order valence-electron chi connectivity index (χ1n) is 7.90. The molecule has 3 N–H and O–H groups in total. The summed E-state index contributed by atoms with van der Waals surface area (Å²) in [5, 5.41) is 5.95. The molecule has 0 bridgehead atoms. The number of aryl methyl sites for hydroxylation is 1. The highest BCUT2D eigenvalue weighted by atomic mass is 79.9. The average molecular weight is 414 g/mol. The van der Waals surface area contributed by atoms with Crippen molar-refractivity contribution < 1.29 is 9.59 Å². The summed E-state index contributed by atoms with van der Waals surface area (Å²) in [5.41, 5.74) is 1.68. The Morgan fingerprint density at radius 3 is 2.65 bits per heavy atom. The van der Waals surface area contributed by atoms with Gasteiger partial charge in [0.05, 0.1) is 6.54 Å². The van der Waals surface area contributed by atoms with Crippen LogP contribution < -0.4 is 16.2 Å². The highest BCUT2D eigenvalue weighted by molar-refractivity contribution is 9.10. The van der Waals surface area contributed by atoms with E-state index in [0.717, 1.165) is 15.4 Å². The minimum atomic E-state index is -0.598. The SMILES string of the molecule is Cc1cc(Br)ccc1NC(=O)CNC(=O)c1cc2ccccc2[nH]c1=O. The van der Waals surface area contributed by atoms with Gasteiger partial charge in [0.2, 0.25) is 5.91 Å². The Morgan fingerprint density at radius 1 is 1.12 bits per heavy atom. The lowest BCUT2D eigenvalue weighted by Crippen LogP contribution is -2.35. The Bertz CT molecular complexity index is 1060. The molecular formula is C19H16BrN3O3. The first-order valence-corrected chi connectivity index (χ1v) is 8.69. The van der Waals surface area contributed by atoms with Crippen LogP contribution in [0.3, 0.4) is 0 Å². The van der Waals surface area contributed by atoms with Crippen LogP contribution in [0.1, 0.15) is 15.9 Å². The summed E-state index contributed by atoms with van der Waals surface area (Å²) in [7, 11) is 0. The minimum Gasteiger partial charge on any atom is -0.343 e. The van der Waals surface area contributed by atoms with Gasteiger partial charge < -0.3 is 15.6 Å². The van der Waals surface area contributed by atoms with Gasteiger partial charge in [0.15, 0.2) is 0 Å². The maximum absolute atomic E-state index is 12.3. The third-order valence-electron chi connectivity index (χ3n) is 3.87. The monoisotopic (exact) mass is 413 g/mol. The van der Waals surface area contributed by atoms with E-state index in [9.17, 15) is 14.4 Å². The molecule has 3 rings (SSSR count). The van der Waals surface area contributed by atoms with Gasteiger partial charge in [-0.2, -0.15) is 0 Å². The van der Waals surface area contributed by atoms with Crippen molar-refractivity contribution in [2.75, 3.05) is 11.9 Å². The van der Waals surface area contributed by atoms with E-state index in [1.165, 1.54) is 6.07 Å². The molecular weight excluding hydrogens is 398 g/mol. The molecule has 0 saturated carbocycles. The van der Waals surface area contributed by atoms with Gasteiger partial charge in [-0.25, -0.2) is 0 Å². The number of fused-ring (bicyclic) bond motifs is 1. The van der Waals surface area contributed by atoms with Gasteiger partial charge in [0.1, 0.15) is 5.56 Å². The fourth-order valence-electron chi connectivity index (χ4n) is 2.53. The molecule has 26 heavy (non-hydrogen) atoms. The molecule has 0 fully saturated rings. The Balaban J connectivity index is 1.67. The predicted molar refractivity (Wildman–Crippen MR) is 104 cm³/mol. The van der Waals surface area contributed by atoms with Crippen LogP contribution in [-0.4, -0.2) is 23.3 Å². The van der Waals surface area contributed by atoms with Gasteiger partial charge in [-0.05, 0) is 48.2 Å². The lowest BCUT2D eigenvalue weighted by Gasteiger charge is -2.10. The number of amides is 2. The van der Waals surface area contributed by atoms with E-state index in [1.54, 1.807) is 24.3 Å². The number of pyridine rings is 1. The van der Waals surface area contributed by atoms with Gasteiger partial charge in [0.25, 0.3) is 11.5 Å². The normalized spacial score (nSPS) is 10.5. The first kappa shape index (κ1) is 17.9. The van der Waals surface area contributed by atoms with Gasteiger partial charge >= 0.3 is 0 Å². The van der Waals surface area contributed by atoms with Crippen molar-refractivity contribution in [3.63, 3.8) is 0 Å². The van der Waals surface area contributed by atoms with Crippen molar-refractivity contribution in [1.29, 1.82) is 0 Å². The van der Waals surface area contributed by atoms with Crippen molar-refractivity contribution in [1.82, 2.24) is 10.3 Å². The molecule has 0 saturated heterocycles. The molecule has 0 unspecified atom stereocenters. The van der Waals surface area contributed by atoms with Gasteiger partial charge in [-0.1, -0.05) is 34.1 Å². The lowest BCUT2D eigenvalue weighted by molar-refractivity contribution is -0.115. The van der Waals surface area contributed by atoms with E-state index in [1.807, 2.05) is 25.1 Å². The highest BCUT2D eigenvalue weighted by Crippen LogP contribution is 2.19. The molecule has 0 spiro atoms. The zero-order chi connectivity index (χ0) is 18.7. The zero-order valence-corrected chi connectivity index (χ0v) is 15.5. The van der Waals surface area contributed by atoms with Crippen LogP contribution >= 0.6 is 15.9 Å². The fraction of sp³-hybridized carbons (Fsp3) is 0.105. The summed E-state index contributed by atoms with van der Waals surface area (Å²) in [6.07, 6.45) is 0. The summed E-state index contributed by atoms with van der Waals surface area (Å²) >= 11 is 3.36. The summed E-state index contributed by atoms with van der Waals surface area (Å²) in [4.78, 5) is 39.0.